The minimum atomic E-state index is -1.09. The Hall–Kier alpha value is -1.89. The summed E-state index contributed by atoms with van der Waals surface area (Å²) in [4.78, 5) is 26.3. The standard InChI is InChI=1S/C10H15N3O4/c1-3-13-5-4-11-8(9(13)14)12-6-7(17-2)10(15)16/h4-5,7H,3,6H2,1-2H3,(H,11,12)(H,15,16). The highest BCUT2D eigenvalue weighted by Gasteiger charge is 2.16. The van der Waals surface area contributed by atoms with Crippen LogP contribution >= 0.6 is 0 Å². The quantitative estimate of drug-likeness (QED) is 0.714. The zero-order chi connectivity index (χ0) is 12.8. The molecule has 1 rings (SSSR count). The monoisotopic (exact) mass is 241 g/mol. The van der Waals surface area contributed by atoms with Crippen molar-refractivity contribution >= 4 is 11.8 Å². The maximum atomic E-state index is 11.7. The normalized spacial score (nSPS) is 12.1. The van der Waals surface area contributed by atoms with E-state index >= 15 is 0 Å². The molecule has 1 aromatic heterocycles. The minimum Gasteiger partial charge on any atom is -0.479 e. The molecule has 17 heavy (non-hydrogen) atoms. The van der Waals surface area contributed by atoms with Gasteiger partial charge in [0.2, 0.25) is 0 Å². The predicted molar refractivity (Wildman–Crippen MR) is 61.1 cm³/mol. The summed E-state index contributed by atoms with van der Waals surface area (Å²) in [7, 11) is 1.29. The van der Waals surface area contributed by atoms with E-state index in [9.17, 15) is 9.59 Å². The van der Waals surface area contributed by atoms with E-state index in [1.54, 1.807) is 6.20 Å². The molecule has 0 fully saturated rings. The van der Waals surface area contributed by atoms with Crippen molar-refractivity contribution in [2.24, 2.45) is 0 Å². The maximum absolute atomic E-state index is 11.7. The van der Waals surface area contributed by atoms with Crippen molar-refractivity contribution in [1.82, 2.24) is 9.55 Å². The molecule has 1 heterocycles. The number of carboxylic acids is 1. The topological polar surface area (TPSA) is 93.4 Å². The van der Waals surface area contributed by atoms with Crippen molar-refractivity contribution in [3.8, 4) is 0 Å². The first-order chi connectivity index (χ1) is 8.10. The van der Waals surface area contributed by atoms with Gasteiger partial charge in [0.1, 0.15) is 0 Å². The fraction of sp³-hybridized carbons (Fsp3) is 0.500. The zero-order valence-electron chi connectivity index (χ0n) is 9.71. The highest BCUT2D eigenvalue weighted by atomic mass is 16.5. The van der Waals surface area contributed by atoms with Crippen LogP contribution in [0.2, 0.25) is 0 Å². The summed E-state index contributed by atoms with van der Waals surface area (Å²) < 4.78 is 6.20. The molecule has 0 radical (unpaired) electrons. The maximum Gasteiger partial charge on any atom is 0.334 e. The Morgan fingerprint density at radius 1 is 1.71 bits per heavy atom. The van der Waals surface area contributed by atoms with Crippen LogP contribution in [-0.4, -0.2) is 40.4 Å². The third-order valence-electron chi connectivity index (χ3n) is 2.27. The van der Waals surface area contributed by atoms with E-state index < -0.39 is 12.1 Å². The van der Waals surface area contributed by atoms with Gasteiger partial charge in [0.05, 0.1) is 6.54 Å². The summed E-state index contributed by atoms with van der Waals surface area (Å²) in [6.45, 7) is 2.35. The lowest BCUT2D eigenvalue weighted by Crippen LogP contribution is -2.33. The molecule has 0 aliphatic rings. The second-order valence-corrected chi connectivity index (χ2v) is 3.31. The third-order valence-corrected chi connectivity index (χ3v) is 2.27. The van der Waals surface area contributed by atoms with Crippen molar-refractivity contribution in [3.63, 3.8) is 0 Å². The van der Waals surface area contributed by atoms with Crippen LogP contribution in [0.5, 0.6) is 0 Å². The minimum absolute atomic E-state index is 0.0121. The Bertz CT molecular complexity index is 443. The van der Waals surface area contributed by atoms with E-state index in [4.69, 9.17) is 9.84 Å². The molecule has 0 aliphatic carbocycles. The number of nitrogens with zero attached hydrogens (tertiary/aromatic N) is 2. The average Bonchev–Trinajstić information content (AvgIpc) is 2.31. The van der Waals surface area contributed by atoms with Gasteiger partial charge in [-0.25, -0.2) is 9.78 Å². The van der Waals surface area contributed by atoms with Gasteiger partial charge in [0.15, 0.2) is 11.9 Å². The molecule has 1 unspecified atom stereocenters. The van der Waals surface area contributed by atoms with E-state index in [-0.39, 0.29) is 17.9 Å². The number of aryl methyl sites for hydroxylation is 1. The summed E-state index contributed by atoms with van der Waals surface area (Å²) in [6.07, 6.45) is 2.04. The highest BCUT2D eigenvalue weighted by Crippen LogP contribution is 1.96. The van der Waals surface area contributed by atoms with Gasteiger partial charge in [-0.1, -0.05) is 0 Å². The van der Waals surface area contributed by atoms with Crippen molar-refractivity contribution in [2.45, 2.75) is 19.6 Å². The van der Waals surface area contributed by atoms with Crippen LogP contribution in [0.3, 0.4) is 0 Å². The summed E-state index contributed by atoms with van der Waals surface area (Å²) in [6, 6.07) is 0. The Kier molecular flexibility index (Phi) is 4.65. The lowest BCUT2D eigenvalue weighted by molar-refractivity contribution is -0.147. The third kappa shape index (κ3) is 3.28. The Morgan fingerprint density at radius 3 is 2.94 bits per heavy atom. The summed E-state index contributed by atoms with van der Waals surface area (Å²) in [5, 5.41) is 11.4. The van der Waals surface area contributed by atoms with Crippen LogP contribution in [-0.2, 0) is 16.1 Å². The number of carboxylic acid groups (broad SMARTS) is 1. The number of hydrogen-bond donors (Lipinski definition) is 2. The molecule has 0 saturated carbocycles. The van der Waals surface area contributed by atoms with Crippen LogP contribution < -0.4 is 10.9 Å². The van der Waals surface area contributed by atoms with Gasteiger partial charge < -0.3 is 19.7 Å². The van der Waals surface area contributed by atoms with Crippen LogP contribution in [0.1, 0.15) is 6.92 Å². The lowest BCUT2D eigenvalue weighted by Gasteiger charge is -2.12. The molecule has 0 spiro atoms. The Morgan fingerprint density at radius 2 is 2.41 bits per heavy atom. The molecule has 7 heteroatoms. The summed E-state index contributed by atoms with van der Waals surface area (Å²) in [5.41, 5.74) is -0.282. The van der Waals surface area contributed by atoms with E-state index in [0.29, 0.717) is 6.54 Å². The van der Waals surface area contributed by atoms with Crippen LogP contribution in [0.25, 0.3) is 0 Å². The van der Waals surface area contributed by atoms with Crippen molar-refractivity contribution < 1.29 is 14.6 Å². The predicted octanol–water partition coefficient (Wildman–Crippen LogP) is -0.225. The molecular formula is C10H15N3O4. The number of rotatable bonds is 6. The Labute approximate surface area is 98.1 Å². The number of nitrogens with one attached hydrogen (secondary N) is 1. The SMILES string of the molecule is CCn1ccnc(NCC(OC)C(=O)O)c1=O. The van der Waals surface area contributed by atoms with Gasteiger partial charge in [-0.05, 0) is 6.92 Å². The number of ether oxygens (including phenoxy) is 1. The molecule has 0 bridgehead atoms. The fourth-order valence-electron chi connectivity index (χ4n) is 1.28. The first-order valence-electron chi connectivity index (χ1n) is 5.15. The van der Waals surface area contributed by atoms with Crippen LogP contribution in [0.4, 0.5) is 5.82 Å². The first-order valence-corrected chi connectivity index (χ1v) is 5.15. The Balaban J connectivity index is 2.76. The second kappa shape index (κ2) is 6.00. The molecule has 0 aromatic carbocycles. The molecule has 1 atom stereocenters. The summed E-state index contributed by atoms with van der Waals surface area (Å²) >= 11 is 0. The zero-order valence-corrected chi connectivity index (χ0v) is 9.71. The number of methoxy groups -OCH3 is 1. The molecule has 1 aromatic rings. The average molecular weight is 241 g/mol. The van der Waals surface area contributed by atoms with Crippen molar-refractivity contribution in [2.75, 3.05) is 19.0 Å². The van der Waals surface area contributed by atoms with Gasteiger partial charge in [0, 0.05) is 26.0 Å². The van der Waals surface area contributed by atoms with E-state index in [2.05, 4.69) is 10.3 Å². The molecule has 0 amide bonds. The molecule has 94 valence electrons. The van der Waals surface area contributed by atoms with Gasteiger partial charge in [-0.15, -0.1) is 0 Å². The summed E-state index contributed by atoms with van der Waals surface area (Å²) in [5.74, 6) is -0.968. The first kappa shape index (κ1) is 13.2. The number of aliphatic carboxylic acids is 1. The number of hydrogen-bond acceptors (Lipinski definition) is 5. The van der Waals surface area contributed by atoms with E-state index in [1.165, 1.54) is 17.9 Å². The van der Waals surface area contributed by atoms with Gasteiger partial charge in [0.25, 0.3) is 5.56 Å². The molecule has 0 aliphatic heterocycles. The number of carbonyl (C=O) groups is 1. The van der Waals surface area contributed by atoms with Crippen molar-refractivity contribution in [3.05, 3.63) is 22.7 Å². The van der Waals surface area contributed by atoms with Gasteiger partial charge in [-0.2, -0.15) is 0 Å². The van der Waals surface area contributed by atoms with Crippen LogP contribution in [0.15, 0.2) is 17.2 Å². The molecule has 7 nitrogen and oxygen atoms in total. The van der Waals surface area contributed by atoms with Gasteiger partial charge in [-0.3, -0.25) is 4.79 Å². The largest absolute Gasteiger partial charge is 0.479 e. The van der Waals surface area contributed by atoms with E-state index in [0.717, 1.165) is 0 Å². The molecular weight excluding hydrogens is 226 g/mol. The van der Waals surface area contributed by atoms with Gasteiger partial charge >= 0.3 is 5.97 Å². The number of anilines is 1. The van der Waals surface area contributed by atoms with E-state index in [1.807, 2.05) is 6.92 Å². The fourth-order valence-corrected chi connectivity index (χ4v) is 1.28. The van der Waals surface area contributed by atoms with Crippen molar-refractivity contribution in [1.29, 1.82) is 0 Å². The number of aromatic nitrogens is 2. The lowest BCUT2D eigenvalue weighted by atomic mass is 10.3. The second-order valence-electron chi connectivity index (χ2n) is 3.31. The van der Waals surface area contributed by atoms with Crippen LogP contribution in [0, 0.1) is 0 Å². The smallest absolute Gasteiger partial charge is 0.334 e. The molecule has 0 saturated heterocycles. The molecule has 2 N–H and O–H groups in total. The highest BCUT2D eigenvalue weighted by molar-refractivity contribution is 5.73.